The van der Waals surface area contributed by atoms with Crippen LogP contribution in [0, 0.1) is 0 Å². The monoisotopic (exact) mass is 265 g/mol. The Morgan fingerprint density at radius 3 is 2.83 bits per heavy atom. The number of nitrogens with two attached hydrogens (primary N) is 1. The fourth-order valence-corrected chi connectivity index (χ4v) is 1.83. The van der Waals surface area contributed by atoms with Crippen molar-refractivity contribution in [2.45, 2.75) is 20.0 Å². The third-order valence-corrected chi connectivity index (χ3v) is 2.98. The topological polar surface area (TPSA) is 53.1 Å². The second-order valence-electron chi connectivity index (χ2n) is 4.07. The molecule has 96 valence electrons. The van der Waals surface area contributed by atoms with E-state index in [1.165, 1.54) is 0 Å². The van der Waals surface area contributed by atoms with E-state index in [9.17, 15) is 0 Å². The Balaban J connectivity index is 2.11. The standard InChI is InChI=1S/C13H16ClN3O/c1-3-10-7-11(17(2)16-10)8-18-13-6-9(14)4-5-12(13)15/h4-7H,3,8,15H2,1-2H3. The molecule has 5 heteroatoms. The van der Waals surface area contributed by atoms with Gasteiger partial charge < -0.3 is 10.5 Å². The summed E-state index contributed by atoms with van der Waals surface area (Å²) in [6.07, 6.45) is 0.910. The molecule has 0 aliphatic rings. The summed E-state index contributed by atoms with van der Waals surface area (Å²) in [5.41, 5.74) is 8.45. The molecule has 0 saturated carbocycles. The van der Waals surface area contributed by atoms with Crippen molar-refractivity contribution in [3.05, 3.63) is 40.7 Å². The lowest BCUT2D eigenvalue weighted by Crippen LogP contribution is -2.04. The van der Waals surface area contributed by atoms with Gasteiger partial charge in [-0.2, -0.15) is 5.10 Å². The zero-order chi connectivity index (χ0) is 13.1. The van der Waals surface area contributed by atoms with Crippen LogP contribution in [0.5, 0.6) is 5.75 Å². The van der Waals surface area contributed by atoms with E-state index in [4.69, 9.17) is 22.1 Å². The minimum Gasteiger partial charge on any atom is -0.485 e. The maximum absolute atomic E-state index is 5.90. The van der Waals surface area contributed by atoms with Crippen molar-refractivity contribution in [2.75, 3.05) is 5.73 Å². The molecular weight excluding hydrogens is 250 g/mol. The lowest BCUT2D eigenvalue weighted by molar-refractivity contribution is 0.296. The number of rotatable bonds is 4. The minimum atomic E-state index is 0.425. The van der Waals surface area contributed by atoms with Gasteiger partial charge in [-0.25, -0.2) is 0 Å². The van der Waals surface area contributed by atoms with Gasteiger partial charge in [-0.1, -0.05) is 18.5 Å². The summed E-state index contributed by atoms with van der Waals surface area (Å²) >= 11 is 5.90. The van der Waals surface area contributed by atoms with Crippen LogP contribution in [0.15, 0.2) is 24.3 Å². The van der Waals surface area contributed by atoms with Crippen molar-refractivity contribution in [1.82, 2.24) is 9.78 Å². The first-order valence-corrected chi connectivity index (χ1v) is 6.17. The molecule has 0 radical (unpaired) electrons. The van der Waals surface area contributed by atoms with Crippen LogP contribution in [0.4, 0.5) is 5.69 Å². The maximum Gasteiger partial charge on any atom is 0.144 e. The van der Waals surface area contributed by atoms with Crippen LogP contribution < -0.4 is 10.5 Å². The Hall–Kier alpha value is -1.68. The van der Waals surface area contributed by atoms with Crippen molar-refractivity contribution in [2.24, 2.45) is 7.05 Å². The van der Waals surface area contributed by atoms with Gasteiger partial charge in [0.25, 0.3) is 0 Å². The molecule has 0 bridgehead atoms. The molecule has 1 heterocycles. The summed E-state index contributed by atoms with van der Waals surface area (Å²) in [6.45, 7) is 2.50. The Kier molecular flexibility index (Phi) is 3.77. The zero-order valence-corrected chi connectivity index (χ0v) is 11.2. The molecule has 0 aliphatic heterocycles. The highest BCUT2D eigenvalue weighted by Gasteiger charge is 2.06. The Bertz CT molecular complexity index is 551. The predicted octanol–water partition coefficient (Wildman–Crippen LogP) is 2.80. The highest BCUT2D eigenvalue weighted by Crippen LogP contribution is 2.26. The molecule has 2 aromatic rings. The van der Waals surface area contributed by atoms with E-state index in [0.29, 0.717) is 23.1 Å². The summed E-state index contributed by atoms with van der Waals surface area (Å²) in [7, 11) is 1.90. The summed E-state index contributed by atoms with van der Waals surface area (Å²) < 4.78 is 7.49. The normalized spacial score (nSPS) is 10.6. The quantitative estimate of drug-likeness (QED) is 0.865. The van der Waals surface area contributed by atoms with E-state index in [1.54, 1.807) is 18.2 Å². The molecule has 1 aromatic carbocycles. The minimum absolute atomic E-state index is 0.425. The molecule has 0 fully saturated rings. The largest absolute Gasteiger partial charge is 0.485 e. The first-order valence-electron chi connectivity index (χ1n) is 5.79. The van der Waals surface area contributed by atoms with Crippen molar-refractivity contribution in [3.63, 3.8) is 0 Å². The van der Waals surface area contributed by atoms with Crippen LogP contribution in [0.25, 0.3) is 0 Å². The van der Waals surface area contributed by atoms with Gasteiger partial charge in [0.2, 0.25) is 0 Å². The number of nitrogens with zero attached hydrogens (tertiary/aromatic N) is 2. The predicted molar refractivity (Wildman–Crippen MR) is 72.8 cm³/mol. The van der Waals surface area contributed by atoms with Crippen molar-refractivity contribution >= 4 is 17.3 Å². The Labute approximate surface area is 111 Å². The summed E-state index contributed by atoms with van der Waals surface area (Å²) in [4.78, 5) is 0. The summed E-state index contributed by atoms with van der Waals surface area (Å²) in [6, 6.07) is 7.22. The lowest BCUT2D eigenvalue weighted by atomic mass is 10.3. The van der Waals surface area contributed by atoms with Crippen molar-refractivity contribution in [1.29, 1.82) is 0 Å². The van der Waals surface area contributed by atoms with Crippen molar-refractivity contribution in [3.8, 4) is 5.75 Å². The number of ether oxygens (including phenoxy) is 1. The van der Waals surface area contributed by atoms with Crippen LogP contribution in [0.3, 0.4) is 0 Å². The molecule has 2 rings (SSSR count). The molecule has 0 spiro atoms. The smallest absolute Gasteiger partial charge is 0.144 e. The van der Waals surface area contributed by atoms with Gasteiger partial charge in [-0.3, -0.25) is 4.68 Å². The van der Waals surface area contributed by atoms with Gasteiger partial charge in [0, 0.05) is 18.1 Å². The first kappa shape index (κ1) is 12.8. The van der Waals surface area contributed by atoms with Gasteiger partial charge in [0.05, 0.1) is 17.1 Å². The van der Waals surface area contributed by atoms with Gasteiger partial charge in [-0.15, -0.1) is 0 Å². The van der Waals surface area contributed by atoms with Crippen LogP contribution in [0.1, 0.15) is 18.3 Å². The fraction of sp³-hybridized carbons (Fsp3) is 0.308. The molecule has 18 heavy (non-hydrogen) atoms. The summed E-state index contributed by atoms with van der Waals surface area (Å²) in [5.74, 6) is 0.599. The third-order valence-electron chi connectivity index (χ3n) is 2.74. The van der Waals surface area contributed by atoms with E-state index in [2.05, 4.69) is 12.0 Å². The molecule has 4 nitrogen and oxygen atoms in total. The number of aryl methyl sites for hydroxylation is 2. The number of benzene rings is 1. The fourth-order valence-electron chi connectivity index (χ4n) is 1.66. The Morgan fingerprint density at radius 2 is 2.17 bits per heavy atom. The van der Waals surface area contributed by atoms with E-state index in [1.807, 2.05) is 17.8 Å². The molecule has 0 atom stereocenters. The van der Waals surface area contributed by atoms with Gasteiger partial charge in [0.1, 0.15) is 12.4 Å². The van der Waals surface area contributed by atoms with Crippen LogP contribution in [0.2, 0.25) is 5.02 Å². The number of halogens is 1. The number of anilines is 1. The highest BCUT2D eigenvalue weighted by molar-refractivity contribution is 6.30. The number of hydrogen-bond acceptors (Lipinski definition) is 3. The molecule has 0 amide bonds. The second-order valence-corrected chi connectivity index (χ2v) is 4.51. The Morgan fingerprint density at radius 1 is 1.39 bits per heavy atom. The number of nitrogen functional groups attached to an aromatic ring is 1. The van der Waals surface area contributed by atoms with Crippen LogP contribution in [-0.2, 0) is 20.1 Å². The van der Waals surface area contributed by atoms with E-state index in [-0.39, 0.29) is 0 Å². The first-order chi connectivity index (χ1) is 8.60. The van der Waals surface area contributed by atoms with Gasteiger partial charge in [-0.05, 0) is 24.6 Å². The third kappa shape index (κ3) is 2.76. The van der Waals surface area contributed by atoms with Gasteiger partial charge in [0.15, 0.2) is 0 Å². The SMILES string of the molecule is CCc1cc(COc2cc(Cl)ccc2N)n(C)n1. The van der Waals surface area contributed by atoms with Crippen LogP contribution in [-0.4, -0.2) is 9.78 Å². The number of hydrogen-bond donors (Lipinski definition) is 1. The van der Waals surface area contributed by atoms with E-state index >= 15 is 0 Å². The van der Waals surface area contributed by atoms with Gasteiger partial charge >= 0.3 is 0 Å². The zero-order valence-electron chi connectivity index (χ0n) is 10.5. The molecule has 0 aliphatic carbocycles. The van der Waals surface area contributed by atoms with E-state index < -0.39 is 0 Å². The summed E-state index contributed by atoms with van der Waals surface area (Å²) in [5, 5.41) is 4.97. The second kappa shape index (κ2) is 5.31. The average Bonchev–Trinajstić information content (AvgIpc) is 2.71. The molecule has 0 unspecified atom stereocenters. The van der Waals surface area contributed by atoms with E-state index in [0.717, 1.165) is 17.8 Å². The molecule has 0 saturated heterocycles. The molecule has 2 N–H and O–H groups in total. The lowest BCUT2D eigenvalue weighted by Gasteiger charge is -2.09. The average molecular weight is 266 g/mol. The highest BCUT2D eigenvalue weighted by atomic mass is 35.5. The number of aromatic nitrogens is 2. The molecule has 1 aromatic heterocycles. The maximum atomic E-state index is 5.90. The van der Waals surface area contributed by atoms with Crippen molar-refractivity contribution < 1.29 is 4.74 Å². The van der Waals surface area contributed by atoms with Crippen LogP contribution >= 0.6 is 11.6 Å². The molecular formula is C13H16ClN3O.